The van der Waals surface area contributed by atoms with Crippen LogP contribution in [0.5, 0.6) is 5.75 Å². The number of aliphatic hydroxyl groups is 2. The van der Waals surface area contributed by atoms with Crippen LogP contribution in [0.3, 0.4) is 0 Å². The highest BCUT2D eigenvalue weighted by atomic mass is 32.1. The van der Waals surface area contributed by atoms with E-state index < -0.39 is 36.9 Å². The number of fused-ring (bicyclic) bond motifs is 1. The van der Waals surface area contributed by atoms with Crippen LogP contribution in [0.25, 0.3) is 21.3 Å². The molecule has 1 saturated carbocycles. The van der Waals surface area contributed by atoms with Gasteiger partial charge < -0.3 is 25.2 Å². The van der Waals surface area contributed by atoms with Crippen LogP contribution < -0.4 is 15.0 Å². The Morgan fingerprint density at radius 2 is 1.85 bits per heavy atom. The summed E-state index contributed by atoms with van der Waals surface area (Å²) in [5.74, 6) is 1.10. The molecule has 1 aliphatic rings. The molecule has 3 heterocycles. The number of methoxy groups -OCH3 is 1. The molecule has 0 spiro atoms. The van der Waals surface area contributed by atoms with E-state index in [4.69, 9.17) is 4.74 Å². The Balaban J connectivity index is 1.25. The lowest BCUT2D eigenvalue weighted by Gasteiger charge is -2.28. The molecule has 3 aromatic heterocycles. The molecule has 39 heavy (non-hydrogen) atoms. The summed E-state index contributed by atoms with van der Waals surface area (Å²) < 4.78 is 44.0. The molecule has 0 saturated heterocycles. The number of alkyl halides is 3. The summed E-state index contributed by atoms with van der Waals surface area (Å²) in [5.41, 5.74) is 2.93. The van der Waals surface area contributed by atoms with Gasteiger partial charge >= 0.3 is 6.18 Å². The quantitative estimate of drug-likeness (QED) is 0.298. The third kappa shape index (κ3) is 5.98. The molecule has 4 aromatic rings. The number of aliphatic hydroxyl groups excluding tert-OH is 2. The van der Waals surface area contributed by atoms with Crippen LogP contribution in [-0.4, -0.2) is 69.8 Å². The number of anilines is 1. The molecule has 0 aliphatic heterocycles. The van der Waals surface area contributed by atoms with Gasteiger partial charge in [0.1, 0.15) is 28.8 Å². The molecule has 0 radical (unpaired) electrons. The zero-order valence-corrected chi connectivity index (χ0v) is 22.1. The Morgan fingerprint density at radius 3 is 2.56 bits per heavy atom. The van der Waals surface area contributed by atoms with Crippen LogP contribution in [0.15, 0.2) is 55.1 Å². The predicted molar refractivity (Wildman–Crippen MR) is 143 cm³/mol. The fraction of sp³-hybridized carbons (Fsp3) is 0.370. The van der Waals surface area contributed by atoms with Crippen molar-refractivity contribution in [1.29, 1.82) is 0 Å². The summed E-state index contributed by atoms with van der Waals surface area (Å²) in [4.78, 5) is 14.9. The number of likely N-dealkylation sites (N-methyl/N-ethyl adjacent to an activating group) is 1. The van der Waals surface area contributed by atoms with E-state index in [9.17, 15) is 23.4 Å². The van der Waals surface area contributed by atoms with Gasteiger partial charge in [0.25, 0.3) is 0 Å². The van der Waals surface area contributed by atoms with Crippen molar-refractivity contribution in [2.45, 2.75) is 49.9 Å². The van der Waals surface area contributed by atoms with Crippen molar-refractivity contribution in [2.75, 3.05) is 19.1 Å². The van der Waals surface area contributed by atoms with Gasteiger partial charge in [-0.3, -0.25) is 4.98 Å². The topological polar surface area (TPSA) is 104 Å². The zero-order valence-electron chi connectivity index (χ0n) is 21.3. The Kier molecular flexibility index (Phi) is 7.72. The molecule has 0 amide bonds. The number of benzene rings is 1. The first-order valence-electron chi connectivity index (χ1n) is 12.3. The number of aromatic nitrogens is 3. The van der Waals surface area contributed by atoms with Crippen molar-refractivity contribution < 1.29 is 28.1 Å². The Hall–Kier alpha value is -3.32. The van der Waals surface area contributed by atoms with E-state index in [1.165, 1.54) is 12.4 Å². The van der Waals surface area contributed by atoms with Gasteiger partial charge in [0.05, 0.1) is 37.3 Å². The van der Waals surface area contributed by atoms with E-state index in [2.05, 4.69) is 20.3 Å². The number of hydrogen-bond donors (Lipinski definition) is 3. The first-order chi connectivity index (χ1) is 18.6. The van der Waals surface area contributed by atoms with E-state index >= 15 is 0 Å². The summed E-state index contributed by atoms with van der Waals surface area (Å²) in [7, 11) is 3.31. The minimum atomic E-state index is -4.32. The third-order valence-electron chi connectivity index (χ3n) is 7.02. The smallest absolute Gasteiger partial charge is 0.393 e. The highest BCUT2D eigenvalue weighted by Gasteiger charge is 2.44. The van der Waals surface area contributed by atoms with Crippen molar-refractivity contribution in [3.05, 3.63) is 65.6 Å². The highest BCUT2D eigenvalue weighted by molar-refractivity contribution is 7.18. The Morgan fingerprint density at radius 1 is 1.08 bits per heavy atom. The lowest BCUT2D eigenvalue weighted by molar-refractivity contribution is -0.126. The molecule has 5 rings (SSSR count). The molecule has 8 nitrogen and oxygen atoms in total. The number of thiophene rings is 1. The van der Waals surface area contributed by atoms with Crippen LogP contribution in [-0.2, 0) is 13.0 Å². The summed E-state index contributed by atoms with van der Waals surface area (Å²) in [6, 6.07) is 10.4. The zero-order chi connectivity index (χ0) is 27.7. The van der Waals surface area contributed by atoms with Gasteiger partial charge in [-0.2, -0.15) is 13.2 Å². The maximum atomic E-state index is 12.9. The molecule has 1 fully saturated rings. The fourth-order valence-corrected chi connectivity index (χ4v) is 5.98. The van der Waals surface area contributed by atoms with Crippen LogP contribution >= 0.6 is 11.3 Å². The lowest BCUT2D eigenvalue weighted by atomic mass is 10.1. The van der Waals surface area contributed by atoms with Crippen molar-refractivity contribution in [1.82, 2.24) is 20.3 Å². The number of pyridine rings is 1. The summed E-state index contributed by atoms with van der Waals surface area (Å²) in [6.07, 6.45) is -2.33. The van der Waals surface area contributed by atoms with Gasteiger partial charge in [-0.15, -0.1) is 11.3 Å². The van der Waals surface area contributed by atoms with E-state index in [1.54, 1.807) is 31.5 Å². The molecule has 3 N–H and O–H groups in total. The normalized spacial score (nSPS) is 21.4. The number of hydrogen-bond acceptors (Lipinski definition) is 9. The number of nitrogens with zero attached hydrogens (tertiary/aromatic N) is 4. The number of halogens is 3. The lowest BCUT2D eigenvalue weighted by Crippen LogP contribution is -2.43. The standard InChI is InChI=1S/C27H28F3N5O3S/c1-35(25-20-8-19(10-27(28,29)30)39-26(20)34-14-33-25)22-9-21(23(36)24(22)37)32-11-15-3-5-16(6-4-15)17-7-18(38-2)13-31-12-17/h3-8,12-14,21-24,32,36-37H,9-11H2,1-2H3/t21-,22+,23-,24+/m1/s1. The van der Waals surface area contributed by atoms with Crippen LogP contribution in [0, 0.1) is 0 Å². The van der Waals surface area contributed by atoms with Crippen LogP contribution in [0.2, 0.25) is 0 Å². The second kappa shape index (κ2) is 11.0. The Bertz CT molecular complexity index is 1430. The van der Waals surface area contributed by atoms with Gasteiger partial charge in [0.2, 0.25) is 0 Å². The minimum Gasteiger partial charge on any atom is -0.495 e. The number of rotatable bonds is 8. The second-order valence-electron chi connectivity index (χ2n) is 9.61. The molecular formula is C27H28F3N5O3S. The number of ether oxygens (including phenoxy) is 1. The highest BCUT2D eigenvalue weighted by Crippen LogP contribution is 2.36. The fourth-order valence-electron chi connectivity index (χ4n) is 4.96. The molecule has 1 aromatic carbocycles. The summed E-state index contributed by atoms with van der Waals surface area (Å²) >= 11 is 0.975. The second-order valence-corrected chi connectivity index (χ2v) is 10.7. The third-order valence-corrected chi connectivity index (χ3v) is 8.07. The molecule has 1 aliphatic carbocycles. The number of nitrogens with one attached hydrogen (secondary N) is 1. The Labute approximate surface area is 227 Å². The van der Waals surface area contributed by atoms with Gasteiger partial charge in [0.15, 0.2) is 0 Å². The molecule has 0 unspecified atom stereocenters. The van der Waals surface area contributed by atoms with Crippen LogP contribution in [0.4, 0.5) is 19.0 Å². The monoisotopic (exact) mass is 559 g/mol. The largest absolute Gasteiger partial charge is 0.495 e. The first kappa shape index (κ1) is 27.3. The molecule has 4 atom stereocenters. The molecular weight excluding hydrogens is 531 g/mol. The average Bonchev–Trinajstić information content (AvgIpc) is 3.45. The maximum absolute atomic E-state index is 12.9. The average molecular weight is 560 g/mol. The minimum absolute atomic E-state index is 0.146. The van der Waals surface area contributed by atoms with E-state index in [0.717, 1.165) is 28.0 Å². The maximum Gasteiger partial charge on any atom is 0.393 e. The van der Waals surface area contributed by atoms with E-state index in [0.29, 0.717) is 34.7 Å². The SMILES string of the molecule is COc1cncc(-c2ccc(CN[C@@H]3C[C@H](N(C)c4ncnc5sc(CC(F)(F)F)cc45)[C@H](O)[C@@H]3O)cc2)c1. The van der Waals surface area contributed by atoms with Gasteiger partial charge in [-0.25, -0.2) is 9.97 Å². The van der Waals surface area contributed by atoms with Crippen LogP contribution in [0.1, 0.15) is 16.9 Å². The van der Waals surface area contributed by atoms with Crippen molar-refractivity contribution in [3.63, 3.8) is 0 Å². The molecule has 0 bridgehead atoms. The predicted octanol–water partition coefficient (Wildman–Crippen LogP) is 3.96. The summed E-state index contributed by atoms with van der Waals surface area (Å²) in [5, 5.41) is 25.5. The van der Waals surface area contributed by atoms with Crippen molar-refractivity contribution >= 4 is 27.4 Å². The van der Waals surface area contributed by atoms with E-state index in [-0.39, 0.29) is 4.88 Å². The molecule has 12 heteroatoms. The summed E-state index contributed by atoms with van der Waals surface area (Å²) in [6.45, 7) is 0.477. The van der Waals surface area contributed by atoms with Gasteiger partial charge in [0, 0.05) is 36.3 Å². The van der Waals surface area contributed by atoms with E-state index in [1.807, 2.05) is 30.3 Å². The molecule has 206 valence electrons. The van der Waals surface area contributed by atoms with Crippen molar-refractivity contribution in [3.8, 4) is 16.9 Å². The van der Waals surface area contributed by atoms with Gasteiger partial charge in [-0.1, -0.05) is 24.3 Å². The first-order valence-corrected chi connectivity index (χ1v) is 13.2. The van der Waals surface area contributed by atoms with Crippen molar-refractivity contribution in [2.24, 2.45) is 0 Å². The van der Waals surface area contributed by atoms with Gasteiger partial charge in [-0.05, 0) is 29.7 Å².